The summed E-state index contributed by atoms with van der Waals surface area (Å²) >= 11 is 0. The van der Waals surface area contributed by atoms with Crippen molar-refractivity contribution in [2.75, 3.05) is 6.61 Å². The number of rotatable bonds is 11. The zero-order chi connectivity index (χ0) is 30.9. The number of amides is 2. The number of Topliss-reactive ketones (excluding diaryl/α,β-unsaturated/α-hetero) is 1. The van der Waals surface area contributed by atoms with Crippen LogP contribution in [0.4, 0.5) is 0 Å². The van der Waals surface area contributed by atoms with Gasteiger partial charge in [0.05, 0.1) is 5.71 Å². The van der Waals surface area contributed by atoms with E-state index in [1.54, 1.807) is 6.92 Å². The molecule has 8 atom stereocenters. The fourth-order valence-corrected chi connectivity index (χ4v) is 8.72. The van der Waals surface area contributed by atoms with Crippen LogP contribution < -0.4 is 10.6 Å². The number of unbranched alkanes of at least 4 members (excludes halogenated alkanes) is 1. The lowest BCUT2D eigenvalue weighted by Crippen LogP contribution is -2.57. The average molecular weight is 588 g/mol. The molecule has 0 aromatic carbocycles. The highest BCUT2D eigenvalue weighted by Crippen LogP contribution is 2.67. The van der Waals surface area contributed by atoms with Gasteiger partial charge in [-0.2, -0.15) is 0 Å². The third kappa shape index (κ3) is 5.88. The summed E-state index contributed by atoms with van der Waals surface area (Å²) in [6, 6.07) is -1.90. The number of hydrogen-bond donors (Lipinski definition) is 4. The molecular weight excluding hydrogens is 538 g/mol. The van der Waals surface area contributed by atoms with Gasteiger partial charge in [-0.3, -0.25) is 14.4 Å². The smallest absolute Gasteiger partial charge is 0.326 e. The highest BCUT2D eigenvalue weighted by atomic mass is 16.6. The summed E-state index contributed by atoms with van der Waals surface area (Å²) < 4.78 is 0. The molecule has 3 saturated carbocycles. The Morgan fingerprint density at radius 3 is 2.45 bits per heavy atom. The van der Waals surface area contributed by atoms with Gasteiger partial charge in [0.1, 0.15) is 17.7 Å². The minimum absolute atomic E-state index is 0.0469. The number of allylic oxidation sites excluding steroid dienone is 2. The second-order valence-corrected chi connectivity index (χ2v) is 13.6. The number of carbonyl (C=O) groups excluding carboxylic acids is 3. The maximum Gasteiger partial charge on any atom is 0.326 e. The maximum absolute atomic E-state index is 12.5. The molecule has 4 rings (SSSR count). The van der Waals surface area contributed by atoms with Crippen LogP contribution in [0.15, 0.2) is 16.8 Å². The molecule has 10 nitrogen and oxygen atoms in total. The average Bonchev–Trinajstić information content (AvgIpc) is 3.22. The quantitative estimate of drug-likeness (QED) is 0.267. The van der Waals surface area contributed by atoms with Gasteiger partial charge in [-0.05, 0) is 101 Å². The standard InChI is InChI=1S/C32H49N3O7/c1-6-7-8-26(29(39)40)34-28(38)19(2)33-27(37)18-42-35-22-11-14-30(4)21(17-22)9-10-23-24(30)12-15-31(5)25(23)13-16-32(31,41)20(3)36/h17,19,23-26,41H,6-16,18H2,1-5H3,(H,33,37)(H,34,38)(H,39,40)/b35-22-/t19-,23+,24-,25-,26+,30-,31-,32-/m0/s1. The van der Waals surface area contributed by atoms with Crippen LogP contribution >= 0.6 is 0 Å². The summed E-state index contributed by atoms with van der Waals surface area (Å²) in [5.41, 5.74) is 0.662. The Bertz CT molecular complexity index is 1150. The second-order valence-electron chi connectivity index (χ2n) is 13.6. The molecule has 0 unspecified atom stereocenters. The van der Waals surface area contributed by atoms with Gasteiger partial charge in [0.25, 0.3) is 5.91 Å². The van der Waals surface area contributed by atoms with Gasteiger partial charge in [0.15, 0.2) is 12.4 Å². The van der Waals surface area contributed by atoms with Crippen LogP contribution in [0.5, 0.6) is 0 Å². The van der Waals surface area contributed by atoms with Gasteiger partial charge in [-0.25, -0.2) is 4.79 Å². The van der Waals surface area contributed by atoms with Crippen molar-refractivity contribution >= 4 is 29.3 Å². The molecule has 0 bridgehead atoms. The van der Waals surface area contributed by atoms with Crippen molar-refractivity contribution in [3.63, 3.8) is 0 Å². The highest BCUT2D eigenvalue weighted by molar-refractivity contribution is 5.96. The lowest BCUT2D eigenvalue weighted by Gasteiger charge is -2.59. The number of ketones is 1. The summed E-state index contributed by atoms with van der Waals surface area (Å²) in [6.07, 6.45) is 11.0. The summed E-state index contributed by atoms with van der Waals surface area (Å²) in [7, 11) is 0. The Morgan fingerprint density at radius 2 is 1.79 bits per heavy atom. The van der Waals surface area contributed by atoms with E-state index in [1.165, 1.54) is 12.5 Å². The Kier molecular flexibility index (Phi) is 9.55. The van der Waals surface area contributed by atoms with Crippen LogP contribution in [0.3, 0.4) is 0 Å². The van der Waals surface area contributed by atoms with Crippen molar-refractivity contribution in [1.82, 2.24) is 10.6 Å². The zero-order valence-electron chi connectivity index (χ0n) is 25.8. The van der Waals surface area contributed by atoms with Gasteiger partial charge >= 0.3 is 5.97 Å². The Morgan fingerprint density at radius 1 is 1.07 bits per heavy atom. The number of oxime groups is 1. The van der Waals surface area contributed by atoms with Crippen LogP contribution in [0, 0.1) is 28.6 Å². The molecule has 0 aromatic heterocycles. The summed E-state index contributed by atoms with van der Waals surface area (Å²) in [5.74, 6) is -0.895. The van der Waals surface area contributed by atoms with Crippen LogP contribution in [-0.4, -0.2) is 63.8 Å². The van der Waals surface area contributed by atoms with Gasteiger partial charge in [0.2, 0.25) is 5.91 Å². The van der Waals surface area contributed by atoms with E-state index >= 15 is 0 Å². The van der Waals surface area contributed by atoms with E-state index < -0.39 is 35.5 Å². The summed E-state index contributed by atoms with van der Waals surface area (Å²) in [6.45, 7) is 9.14. The molecule has 4 N–H and O–H groups in total. The van der Waals surface area contributed by atoms with E-state index in [0.717, 1.165) is 57.1 Å². The first kappa shape index (κ1) is 32.2. The van der Waals surface area contributed by atoms with E-state index in [2.05, 4.69) is 35.7 Å². The van der Waals surface area contributed by atoms with Crippen molar-refractivity contribution < 1.29 is 34.2 Å². The van der Waals surface area contributed by atoms with Crippen molar-refractivity contribution in [1.29, 1.82) is 0 Å². The van der Waals surface area contributed by atoms with Gasteiger partial charge < -0.3 is 25.7 Å². The molecule has 0 heterocycles. The van der Waals surface area contributed by atoms with Gasteiger partial charge in [-0.1, -0.05) is 44.3 Å². The number of hydrogen-bond acceptors (Lipinski definition) is 7. The minimum Gasteiger partial charge on any atom is -0.480 e. The minimum atomic E-state index is -1.20. The topological polar surface area (TPSA) is 154 Å². The number of carbonyl (C=O) groups is 4. The number of nitrogens with one attached hydrogen (secondary N) is 2. The van der Waals surface area contributed by atoms with Crippen LogP contribution in [0.1, 0.15) is 105 Å². The number of nitrogens with zero attached hydrogens (tertiary/aromatic N) is 1. The molecule has 4 aliphatic rings. The van der Waals surface area contributed by atoms with E-state index in [9.17, 15) is 29.4 Å². The van der Waals surface area contributed by atoms with E-state index in [0.29, 0.717) is 37.0 Å². The molecule has 0 aromatic rings. The van der Waals surface area contributed by atoms with Crippen molar-refractivity contribution in [3.8, 4) is 0 Å². The highest BCUT2D eigenvalue weighted by Gasteiger charge is 2.65. The molecule has 3 fully saturated rings. The Hall–Kier alpha value is -2.75. The Balaban J connectivity index is 1.32. The Labute approximate surface area is 249 Å². The molecule has 234 valence electrons. The van der Waals surface area contributed by atoms with Crippen molar-refractivity contribution in [3.05, 3.63) is 11.6 Å². The van der Waals surface area contributed by atoms with Gasteiger partial charge in [-0.15, -0.1) is 0 Å². The predicted octanol–water partition coefficient (Wildman–Crippen LogP) is 3.91. The number of carboxylic acids is 1. The number of aliphatic hydroxyl groups is 1. The molecule has 0 spiro atoms. The third-order valence-electron chi connectivity index (χ3n) is 11.3. The first-order valence-corrected chi connectivity index (χ1v) is 15.7. The third-order valence-corrected chi connectivity index (χ3v) is 11.3. The summed E-state index contributed by atoms with van der Waals surface area (Å²) in [4.78, 5) is 54.0. The fraction of sp³-hybridized carbons (Fsp3) is 0.781. The maximum atomic E-state index is 12.5. The lowest BCUT2D eigenvalue weighted by molar-refractivity contribution is -0.159. The first-order valence-electron chi connectivity index (χ1n) is 15.7. The monoisotopic (exact) mass is 587 g/mol. The van der Waals surface area contributed by atoms with Crippen molar-refractivity contribution in [2.24, 2.45) is 33.7 Å². The largest absolute Gasteiger partial charge is 0.480 e. The zero-order valence-corrected chi connectivity index (χ0v) is 25.8. The lowest BCUT2D eigenvalue weighted by atomic mass is 9.46. The van der Waals surface area contributed by atoms with E-state index in [4.69, 9.17) is 4.84 Å². The normalized spacial score (nSPS) is 36.0. The summed E-state index contributed by atoms with van der Waals surface area (Å²) in [5, 5.41) is 29.9. The van der Waals surface area contributed by atoms with Crippen LogP contribution in [-0.2, 0) is 24.0 Å². The van der Waals surface area contributed by atoms with Gasteiger partial charge in [0, 0.05) is 5.41 Å². The number of aliphatic carboxylic acids is 1. The molecular formula is C32H49N3O7. The molecule has 42 heavy (non-hydrogen) atoms. The molecule has 0 aliphatic heterocycles. The first-order chi connectivity index (χ1) is 19.8. The van der Waals surface area contributed by atoms with Crippen LogP contribution in [0.25, 0.3) is 0 Å². The molecule has 4 aliphatic carbocycles. The molecule has 10 heteroatoms. The molecule has 2 amide bonds. The van der Waals surface area contributed by atoms with Crippen molar-refractivity contribution in [2.45, 2.75) is 123 Å². The predicted molar refractivity (Wildman–Crippen MR) is 157 cm³/mol. The van der Waals surface area contributed by atoms with E-state index in [1.807, 2.05) is 6.92 Å². The van der Waals surface area contributed by atoms with Crippen LogP contribution in [0.2, 0.25) is 0 Å². The molecule has 0 radical (unpaired) electrons. The number of fused-ring (bicyclic) bond motifs is 5. The van der Waals surface area contributed by atoms with E-state index in [-0.39, 0.29) is 23.2 Å². The fourth-order valence-electron chi connectivity index (χ4n) is 8.72. The SMILES string of the molecule is CCCC[C@@H](NC(=O)[C@H](C)NC(=O)CO/N=C1\C=C2CC[C@@H]3[C@H](CC[C@@]4(C)[C@H]3CC[C@]4(O)C(C)=O)[C@@]2(C)CC1)C(=O)O. The second kappa shape index (κ2) is 12.5. The number of carboxylic acid groups (broad SMARTS) is 1. The molecule has 0 saturated heterocycles.